The predicted octanol–water partition coefficient (Wildman–Crippen LogP) is 5.40. The van der Waals surface area contributed by atoms with Crippen LogP contribution in [0.1, 0.15) is 21.7 Å². The molecule has 1 amide bonds. The van der Waals surface area contributed by atoms with Gasteiger partial charge in [0.05, 0.1) is 10.7 Å². The first-order valence-corrected chi connectivity index (χ1v) is 8.62. The van der Waals surface area contributed by atoms with E-state index < -0.39 is 0 Å². The molecule has 0 saturated carbocycles. The summed E-state index contributed by atoms with van der Waals surface area (Å²) < 4.78 is 0. The lowest BCUT2D eigenvalue weighted by molar-refractivity contribution is 0.102. The van der Waals surface area contributed by atoms with Crippen molar-refractivity contribution in [2.75, 3.05) is 10.6 Å². The molecule has 1 aromatic heterocycles. The van der Waals surface area contributed by atoms with Gasteiger partial charge >= 0.3 is 0 Å². The molecule has 0 fully saturated rings. The zero-order valence-corrected chi connectivity index (χ0v) is 15.7. The Morgan fingerprint density at radius 3 is 2.54 bits per heavy atom. The molecule has 0 saturated heterocycles. The van der Waals surface area contributed by atoms with Crippen LogP contribution in [0.3, 0.4) is 0 Å². The van der Waals surface area contributed by atoms with Crippen LogP contribution in [-0.4, -0.2) is 15.9 Å². The molecule has 7 heteroatoms. The van der Waals surface area contributed by atoms with Gasteiger partial charge in [-0.2, -0.15) is 0 Å². The molecule has 2 N–H and O–H groups in total. The summed E-state index contributed by atoms with van der Waals surface area (Å²) in [6.07, 6.45) is 0. The summed E-state index contributed by atoms with van der Waals surface area (Å²) >= 11 is 12.0. The Hall–Kier alpha value is -2.63. The third-order valence-electron chi connectivity index (χ3n) is 3.54. The van der Waals surface area contributed by atoms with E-state index >= 15 is 0 Å². The lowest BCUT2D eigenvalue weighted by atomic mass is 10.2. The molecular formula is C19H16Cl2N4O. The summed E-state index contributed by atoms with van der Waals surface area (Å²) in [5, 5.41) is 6.70. The van der Waals surface area contributed by atoms with Crippen molar-refractivity contribution in [2.45, 2.75) is 13.8 Å². The number of nitrogens with one attached hydrogen (secondary N) is 2. The molecule has 0 radical (unpaired) electrons. The van der Waals surface area contributed by atoms with E-state index in [0.29, 0.717) is 27.4 Å². The van der Waals surface area contributed by atoms with E-state index in [0.717, 1.165) is 11.3 Å². The lowest BCUT2D eigenvalue weighted by Crippen LogP contribution is -2.15. The van der Waals surface area contributed by atoms with Crippen LogP contribution in [0.5, 0.6) is 0 Å². The van der Waals surface area contributed by atoms with Crippen LogP contribution in [0.25, 0.3) is 0 Å². The van der Waals surface area contributed by atoms with Gasteiger partial charge in [-0.05, 0) is 55.8 Å². The Bertz CT molecular complexity index is 976. The number of nitrogens with zero attached hydrogens (tertiary/aromatic N) is 2. The van der Waals surface area contributed by atoms with E-state index in [1.54, 1.807) is 31.2 Å². The van der Waals surface area contributed by atoms with Crippen LogP contribution in [-0.2, 0) is 0 Å². The number of halogens is 2. The van der Waals surface area contributed by atoms with Gasteiger partial charge in [0.15, 0.2) is 0 Å². The molecule has 5 nitrogen and oxygen atoms in total. The summed E-state index contributed by atoms with van der Waals surface area (Å²) in [4.78, 5) is 21.2. The van der Waals surface area contributed by atoms with Crippen LogP contribution in [0, 0.1) is 13.8 Å². The minimum absolute atomic E-state index is 0.235. The average molecular weight is 387 g/mol. The highest BCUT2D eigenvalue weighted by Crippen LogP contribution is 2.26. The van der Waals surface area contributed by atoms with Crippen LogP contribution < -0.4 is 10.6 Å². The van der Waals surface area contributed by atoms with E-state index in [1.165, 1.54) is 0 Å². The molecule has 0 atom stereocenters. The highest BCUT2D eigenvalue weighted by molar-refractivity contribution is 6.36. The first-order chi connectivity index (χ1) is 12.4. The third-order valence-corrected chi connectivity index (χ3v) is 4.09. The molecule has 0 unspecified atom stereocenters. The fourth-order valence-electron chi connectivity index (χ4n) is 2.37. The maximum absolute atomic E-state index is 12.5. The van der Waals surface area contributed by atoms with Crippen molar-refractivity contribution in [1.29, 1.82) is 0 Å². The van der Waals surface area contributed by atoms with Crippen molar-refractivity contribution in [3.63, 3.8) is 0 Å². The summed E-state index contributed by atoms with van der Waals surface area (Å²) in [7, 11) is 0. The van der Waals surface area contributed by atoms with E-state index in [9.17, 15) is 4.79 Å². The maximum Gasteiger partial charge on any atom is 0.274 e. The fraction of sp³-hybridized carbons (Fsp3) is 0.105. The SMILES string of the molecule is Cc1cccc(Nc2nc(C)cc(C(=O)Nc3ccc(Cl)cc3Cl)n2)c1. The number of rotatable bonds is 4. The Morgan fingerprint density at radius 2 is 1.81 bits per heavy atom. The highest BCUT2D eigenvalue weighted by Gasteiger charge is 2.13. The number of hydrogen-bond donors (Lipinski definition) is 2. The molecule has 3 aromatic rings. The minimum atomic E-state index is -0.382. The van der Waals surface area contributed by atoms with E-state index in [4.69, 9.17) is 23.2 Å². The van der Waals surface area contributed by atoms with Crippen LogP contribution >= 0.6 is 23.2 Å². The van der Waals surface area contributed by atoms with Gasteiger partial charge in [-0.15, -0.1) is 0 Å². The quantitative estimate of drug-likeness (QED) is 0.629. The second-order valence-electron chi connectivity index (χ2n) is 5.79. The molecule has 132 valence electrons. The number of carbonyl (C=O) groups excluding carboxylic acids is 1. The van der Waals surface area contributed by atoms with Crippen LogP contribution in [0.2, 0.25) is 10.0 Å². The molecule has 1 heterocycles. The van der Waals surface area contributed by atoms with Crippen LogP contribution in [0.4, 0.5) is 17.3 Å². The van der Waals surface area contributed by atoms with Gasteiger partial charge in [-0.1, -0.05) is 35.3 Å². The van der Waals surface area contributed by atoms with Crippen molar-refractivity contribution in [3.05, 3.63) is 75.5 Å². The van der Waals surface area contributed by atoms with Crippen molar-refractivity contribution in [2.24, 2.45) is 0 Å². The van der Waals surface area contributed by atoms with Gasteiger partial charge in [0.2, 0.25) is 5.95 Å². The van der Waals surface area contributed by atoms with E-state index in [-0.39, 0.29) is 11.6 Å². The van der Waals surface area contributed by atoms with Crippen molar-refractivity contribution in [1.82, 2.24) is 9.97 Å². The molecule has 0 aliphatic rings. The maximum atomic E-state index is 12.5. The number of amides is 1. The van der Waals surface area contributed by atoms with Crippen molar-refractivity contribution in [3.8, 4) is 0 Å². The Balaban J connectivity index is 1.83. The number of aromatic nitrogens is 2. The Labute approximate surface area is 161 Å². The number of anilines is 3. The van der Waals surface area contributed by atoms with Gasteiger partial charge in [0.1, 0.15) is 5.69 Å². The van der Waals surface area contributed by atoms with Crippen molar-refractivity contribution < 1.29 is 4.79 Å². The van der Waals surface area contributed by atoms with Gasteiger partial charge in [-0.3, -0.25) is 4.79 Å². The number of hydrogen-bond acceptors (Lipinski definition) is 4. The molecule has 0 bridgehead atoms. The average Bonchev–Trinajstić information content (AvgIpc) is 2.57. The normalized spacial score (nSPS) is 10.5. The summed E-state index contributed by atoms with van der Waals surface area (Å²) in [5.41, 5.74) is 3.33. The van der Waals surface area contributed by atoms with Crippen molar-refractivity contribution >= 4 is 46.4 Å². The van der Waals surface area contributed by atoms with E-state index in [2.05, 4.69) is 20.6 Å². The van der Waals surface area contributed by atoms with Gasteiger partial charge in [-0.25, -0.2) is 9.97 Å². The molecule has 2 aromatic carbocycles. The smallest absolute Gasteiger partial charge is 0.274 e. The van der Waals surface area contributed by atoms with Gasteiger partial charge < -0.3 is 10.6 Å². The second kappa shape index (κ2) is 7.72. The fourth-order valence-corrected chi connectivity index (χ4v) is 2.83. The first kappa shape index (κ1) is 18.2. The molecule has 0 spiro atoms. The summed E-state index contributed by atoms with van der Waals surface area (Å²) in [6.45, 7) is 3.80. The second-order valence-corrected chi connectivity index (χ2v) is 6.63. The number of aryl methyl sites for hydroxylation is 2. The standard InChI is InChI=1S/C19H16Cl2N4O/c1-11-4-3-5-14(8-11)23-19-22-12(2)9-17(25-19)18(26)24-16-7-6-13(20)10-15(16)21/h3-10H,1-2H3,(H,24,26)(H,22,23,25). The molecule has 0 aliphatic carbocycles. The van der Waals surface area contributed by atoms with Gasteiger partial charge in [0, 0.05) is 16.4 Å². The summed E-state index contributed by atoms with van der Waals surface area (Å²) in [5.74, 6) is -0.0324. The topological polar surface area (TPSA) is 66.9 Å². The minimum Gasteiger partial charge on any atom is -0.324 e. The number of carbonyl (C=O) groups is 1. The highest BCUT2D eigenvalue weighted by atomic mass is 35.5. The third kappa shape index (κ3) is 4.50. The van der Waals surface area contributed by atoms with E-state index in [1.807, 2.05) is 31.2 Å². The zero-order valence-electron chi connectivity index (χ0n) is 14.2. The predicted molar refractivity (Wildman–Crippen MR) is 106 cm³/mol. The van der Waals surface area contributed by atoms with Crippen LogP contribution in [0.15, 0.2) is 48.5 Å². The Kier molecular flexibility index (Phi) is 5.40. The number of benzene rings is 2. The lowest BCUT2D eigenvalue weighted by Gasteiger charge is -2.10. The molecule has 3 rings (SSSR count). The zero-order chi connectivity index (χ0) is 18.7. The largest absolute Gasteiger partial charge is 0.324 e. The monoisotopic (exact) mass is 386 g/mol. The first-order valence-electron chi connectivity index (χ1n) is 7.86. The molecular weight excluding hydrogens is 371 g/mol. The van der Waals surface area contributed by atoms with Gasteiger partial charge in [0.25, 0.3) is 5.91 Å². The molecule has 26 heavy (non-hydrogen) atoms. The molecule has 0 aliphatic heterocycles. The summed E-state index contributed by atoms with van der Waals surface area (Å²) in [6, 6.07) is 14.3. The Morgan fingerprint density at radius 1 is 1.00 bits per heavy atom.